The lowest BCUT2D eigenvalue weighted by Crippen LogP contribution is -2.29. The number of hydrogen-bond acceptors (Lipinski definition) is 6. The Morgan fingerprint density at radius 1 is 1.36 bits per heavy atom. The fraction of sp³-hybridized carbons (Fsp3) is 0.556. The number of carbonyl (C=O) groups excluding carboxylic acids is 1. The molecule has 0 spiro atoms. The summed E-state index contributed by atoms with van der Waals surface area (Å²) in [5.41, 5.74) is 1.43. The van der Waals surface area contributed by atoms with Gasteiger partial charge >= 0.3 is 0 Å². The average molecular weight is 361 g/mol. The summed E-state index contributed by atoms with van der Waals surface area (Å²) in [4.78, 5) is 13.6. The molecule has 2 aromatic rings. The van der Waals surface area contributed by atoms with Gasteiger partial charge in [0, 0.05) is 41.5 Å². The van der Waals surface area contributed by atoms with Crippen molar-refractivity contribution in [3.63, 3.8) is 0 Å². The molecule has 2 fully saturated rings. The molecule has 0 aromatic carbocycles. The highest BCUT2D eigenvalue weighted by molar-refractivity contribution is 7.10. The molecule has 25 heavy (non-hydrogen) atoms. The fourth-order valence-electron chi connectivity index (χ4n) is 3.28. The Labute approximate surface area is 150 Å². The molecule has 1 saturated heterocycles. The molecule has 4 rings (SSSR count). The third-order valence-electron chi connectivity index (χ3n) is 4.91. The Morgan fingerprint density at radius 2 is 2.20 bits per heavy atom. The van der Waals surface area contributed by atoms with Crippen LogP contribution >= 0.6 is 11.3 Å². The highest BCUT2D eigenvalue weighted by Gasteiger charge is 2.39. The van der Waals surface area contributed by atoms with E-state index in [1.807, 2.05) is 18.4 Å². The Morgan fingerprint density at radius 3 is 2.96 bits per heavy atom. The molecule has 3 heterocycles. The highest BCUT2D eigenvalue weighted by atomic mass is 32.1. The van der Waals surface area contributed by atoms with Crippen LogP contribution in [-0.4, -0.2) is 36.9 Å². The zero-order valence-electron chi connectivity index (χ0n) is 14.3. The molecule has 134 valence electrons. The first-order valence-electron chi connectivity index (χ1n) is 8.83. The van der Waals surface area contributed by atoms with E-state index >= 15 is 0 Å². The van der Waals surface area contributed by atoms with E-state index in [1.165, 1.54) is 4.88 Å². The predicted octanol–water partition coefficient (Wildman–Crippen LogP) is 3.17. The zero-order valence-corrected chi connectivity index (χ0v) is 15.1. The third-order valence-corrected chi connectivity index (χ3v) is 5.98. The van der Waals surface area contributed by atoms with Gasteiger partial charge in [-0.1, -0.05) is 5.16 Å². The van der Waals surface area contributed by atoms with Gasteiger partial charge < -0.3 is 14.6 Å². The van der Waals surface area contributed by atoms with Crippen molar-refractivity contribution >= 4 is 23.1 Å². The van der Waals surface area contributed by atoms with Crippen molar-refractivity contribution in [2.75, 3.05) is 25.1 Å². The van der Waals surface area contributed by atoms with E-state index < -0.39 is 0 Å². The lowest BCUT2D eigenvalue weighted by molar-refractivity contribution is 0.0662. The number of aromatic nitrogens is 1. The standard InChI is InChI=1S/C18H23N3O3S/c1-11-6-17(24-21-11)20-18(22)13-7-16(25-10-13)14-8-15(14)19-9-12-2-4-23-5-3-12/h6-7,10,12,14-15,19H,2-5,8-9H2,1H3,(H,20,22). The molecule has 2 aromatic heterocycles. The first-order valence-corrected chi connectivity index (χ1v) is 9.71. The van der Waals surface area contributed by atoms with Gasteiger partial charge in [-0.25, -0.2) is 0 Å². The van der Waals surface area contributed by atoms with Gasteiger partial charge in [-0.15, -0.1) is 11.3 Å². The smallest absolute Gasteiger partial charge is 0.258 e. The Hall–Kier alpha value is -1.70. The van der Waals surface area contributed by atoms with Crippen LogP contribution in [0, 0.1) is 12.8 Å². The number of thiophene rings is 1. The molecule has 1 aliphatic heterocycles. The van der Waals surface area contributed by atoms with Crippen LogP contribution in [0.5, 0.6) is 0 Å². The van der Waals surface area contributed by atoms with Crippen LogP contribution in [0.25, 0.3) is 0 Å². The summed E-state index contributed by atoms with van der Waals surface area (Å²) < 4.78 is 10.4. The van der Waals surface area contributed by atoms with Crippen LogP contribution in [0.1, 0.15) is 46.1 Å². The van der Waals surface area contributed by atoms with Crippen molar-refractivity contribution in [2.45, 2.75) is 38.1 Å². The SMILES string of the molecule is Cc1cc(NC(=O)c2csc(C3CC3NCC3CCOCC3)c2)on1. The number of aryl methyl sites for hydroxylation is 1. The van der Waals surface area contributed by atoms with E-state index in [0.717, 1.165) is 50.6 Å². The van der Waals surface area contributed by atoms with Gasteiger partial charge in [0.2, 0.25) is 5.88 Å². The molecular weight excluding hydrogens is 338 g/mol. The molecule has 1 saturated carbocycles. The van der Waals surface area contributed by atoms with Crippen LogP contribution < -0.4 is 10.6 Å². The number of carbonyl (C=O) groups is 1. The largest absolute Gasteiger partial charge is 0.381 e. The van der Waals surface area contributed by atoms with Crippen molar-refractivity contribution in [2.24, 2.45) is 5.92 Å². The summed E-state index contributed by atoms with van der Waals surface area (Å²) in [6, 6.07) is 4.26. The highest BCUT2D eigenvalue weighted by Crippen LogP contribution is 2.43. The molecule has 0 bridgehead atoms. The summed E-state index contributed by atoms with van der Waals surface area (Å²) in [5.74, 6) is 1.52. The molecule has 0 radical (unpaired) electrons. The minimum absolute atomic E-state index is 0.147. The van der Waals surface area contributed by atoms with Gasteiger partial charge in [0.25, 0.3) is 5.91 Å². The number of rotatable bonds is 6. The van der Waals surface area contributed by atoms with Crippen molar-refractivity contribution in [3.8, 4) is 0 Å². The number of anilines is 1. The molecule has 6 nitrogen and oxygen atoms in total. The Kier molecular flexibility index (Phi) is 4.87. The maximum atomic E-state index is 12.3. The van der Waals surface area contributed by atoms with Crippen LogP contribution in [0.2, 0.25) is 0 Å². The molecule has 2 aliphatic rings. The molecule has 2 N–H and O–H groups in total. The van der Waals surface area contributed by atoms with E-state index in [-0.39, 0.29) is 5.91 Å². The van der Waals surface area contributed by atoms with Gasteiger partial charge in [0.1, 0.15) is 0 Å². The van der Waals surface area contributed by atoms with E-state index in [2.05, 4.69) is 15.8 Å². The molecule has 2 unspecified atom stereocenters. The topological polar surface area (TPSA) is 76.4 Å². The molecule has 7 heteroatoms. The average Bonchev–Trinajstić information content (AvgIpc) is 3.02. The van der Waals surface area contributed by atoms with Gasteiger partial charge in [-0.3, -0.25) is 10.1 Å². The maximum Gasteiger partial charge on any atom is 0.258 e. The minimum Gasteiger partial charge on any atom is -0.381 e. The monoisotopic (exact) mass is 361 g/mol. The Bertz CT molecular complexity index is 736. The minimum atomic E-state index is -0.147. The number of nitrogens with one attached hydrogen (secondary N) is 2. The Balaban J connectivity index is 1.27. The summed E-state index contributed by atoms with van der Waals surface area (Å²) >= 11 is 1.66. The van der Waals surface area contributed by atoms with Crippen molar-refractivity contribution in [3.05, 3.63) is 33.6 Å². The molecular formula is C18H23N3O3S. The maximum absolute atomic E-state index is 12.3. The van der Waals surface area contributed by atoms with Crippen LogP contribution in [0.4, 0.5) is 5.88 Å². The van der Waals surface area contributed by atoms with Gasteiger partial charge in [0.15, 0.2) is 0 Å². The van der Waals surface area contributed by atoms with Crippen LogP contribution in [0.15, 0.2) is 22.0 Å². The third kappa shape index (κ3) is 4.11. The van der Waals surface area contributed by atoms with Crippen molar-refractivity contribution in [1.82, 2.24) is 10.5 Å². The quantitative estimate of drug-likeness (QED) is 0.826. The van der Waals surface area contributed by atoms with Crippen LogP contribution in [0.3, 0.4) is 0 Å². The fourth-order valence-corrected chi connectivity index (χ4v) is 4.34. The molecule has 2 atom stereocenters. The summed E-state index contributed by atoms with van der Waals surface area (Å²) in [6.07, 6.45) is 3.48. The zero-order chi connectivity index (χ0) is 17.2. The lowest BCUT2D eigenvalue weighted by atomic mass is 10.0. The second kappa shape index (κ2) is 7.27. The van der Waals surface area contributed by atoms with E-state index in [1.54, 1.807) is 17.4 Å². The van der Waals surface area contributed by atoms with Crippen molar-refractivity contribution in [1.29, 1.82) is 0 Å². The summed E-state index contributed by atoms with van der Waals surface area (Å²) in [5, 5.41) is 12.1. The first-order chi connectivity index (χ1) is 12.2. The predicted molar refractivity (Wildman–Crippen MR) is 96.2 cm³/mol. The first kappa shape index (κ1) is 16.8. The van der Waals surface area contributed by atoms with Gasteiger partial charge in [-0.2, -0.15) is 0 Å². The number of amides is 1. The number of nitrogens with zero attached hydrogens (tertiary/aromatic N) is 1. The number of hydrogen-bond donors (Lipinski definition) is 2. The molecule has 1 amide bonds. The second-order valence-corrected chi connectivity index (χ2v) is 7.88. The van der Waals surface area contributed by atoms with Gasteiger partial charge in [0.05, 0.1) is 11.3 Å². The van der Waals surface area contributed by atoms with E-state index in [9.17, 15) is 4.79 Å². The number of ether oxygens (including phenoxy) is 1. The van der Waals surface area contributed by atoms with E-state index in [4.69, 9.17) is 9.26 Å². The summed E-state index contributed by atoms with van der Waals surface area (Å²) in [7, 11) is 0. The molecule has 1 aliphatic carbocycles. The normalized spacial score (nSPS) is 23.6. The summed E-state index contributed by atoms with van der Waals surface area (Å²) in [6.45, 7) is 4.69. The lowest BCUT2D eigenvalue weighted by Gasteiger charge is -2.22. The van der Waals surface area contributed by atoms with E-state index in [0.29, 0.717) is 23.4 Å². The second-order valence-electron chi connectivity index (χ2n) is 6.94. The van der Waals surface area contributed by atoms with Crippen LogP contribution in [-0.2, 0) is 4.74 Å². The van der Waals surface area contributed by atoms with Gasteiger partial charge in [-0.05, 0) is 44.7 Å². The van der Waals surface area contributed by atoms with Crippen molar-refractivity contribution < 1.29 is 14.1 Å².